The van der Waals surface area contributed by atoms with Gasteiger partial charge in [-0.3, -0.25) is 14.4 Å². The number of carboxylic acid groups (broad SMARTS) is 2. The molecule has 3 rings (SSSR count). The second-order valence-corrected chi connectivity index (χ2v) is 6.82. The Bertz CT molecular complexity index is 779. The molecule has 1 saturated carbocycles. The summed E-state index contributed by atoms with van der Waals surface area (Å²) < 4.78 is 0. The van der Waals surface area contributed by atoms with E-state index in [4.69, 9.17) is 0 Å². The Morgan fingerprint density at radius 1 is 0.778 bits per heavy atom. The molecule has 3 atom stereocenters. The summed E-state index contributed by atoms with van der Waals surface area (Å²) in [6.07, 6.45) is 0.0607. The number of hydrogen-bond acceptors (Lipinski definition) is 3. The van der Waals surface area contributed by atoms with Gasteiger partial charge in [-0.1, -0.05) is 60.7 Å². The zero-order valence-electron chi connectivity index (χ0n) is 14.7. The monoisotopic (exact) mass is 367 g/mol. The van der Waals surface area contributed by atoms with Crippen LogP contribution in [0.15, 0.2) is 60.7 Å². The maximum absolute atomic E-state index is 13.1. The van der Waals surface area contributed by atoms with Crippen molar-refractivity contribution in [1.82, 2.24) is 4.90 Å². The molecule has 0 bridgehead atoms. The highest BCUT2D eigenvalue weighted by atomic mass is 16.4. The van der Waals surface area contributed by atoms with E-state index in [1.54, 1.807) is 4.90 Å². The van der Waals surface area contributed by atoms with Crippen molar-refractivity contribution in [3.8, 4) is 0 Å². The first-order valence-corrected chi connectivity index (χ1v) is 8.79. The fraction of sp³-hybridized carbons (Fsp3) is 0.286. The summed E-state index contributed by atoms with van der Waals surface area (Å²) in [6, 6.07) is 18.9. The predicted molar refractivity (Wildman–Crippen MR) is 97.5 cm³/mol. The predicted octanol–water partition coefficient (Wildman–Crippen LogP) is 2.64. The third kappa shape index (κ3) is 4.16. The van der Waals surface area contributed by atoms with Crippen molar-refractivity contribution in [3.05, 3.63) is 71.8 Å². The first-order valence-electron chi connectivity index (χ1n) is 8.79. The molecule has 0 aliphatic heterocycles. The van der Waals surface area contributed by atoms with E-state index in [9.17, 15) is 24.6 Å². The smallest absolute Gasteiger partial charge is 0.308 e. The van der Waals surface area contributed by atoms with Gasteiger partial charge in [0.25, 0.3) is 0 Å². The number of amides is 1. The minimum atomic E-state index is -1.23. The van der Waals surface area contributed by atoms with Gasteiger partial charge >= 0.3 is 11.9 Å². The quantitative estimate of drug-likeness (QED) is 0.784. The Balaban J connectivity index is 1.82. The average molecular weight is 367 g/mol. The molecule has 1 amide bonds. The molecule has 6 nitrogen and oxygen atoms in total. The third-order valence-corrected chi connectivity index (χ3v) is 5.04. The number of benzene rings is 2. The van der Waals surface area contributed by atoms with E-state index in [0.29, 0.717) is 13.1 Å². The third-order valence-electron chi connectivity index (χ3n) is 5.04. The Hall–Kier alpha value is -3.15. The SMILES string of the molecule is O=C(O)C1CC(C(=O)N(Cc2ccccc2)Cc2ccccc2)C1C(=O)O. The van der Waals surface area contributed by atoms with Gasteiger partial charge in [0, 0.05) is 13.1 Å². The first kappa shape index (κ1) is 18.6. The van der Waals surface area contributed by atoms with Crippen LogP contribution in [0.2, 0.25) is 0 Å². The fourth-order valence-electron chi connectivity index (χ4n) is 3.56. The molecular formula is C21H21NO5. The number of hydrogen-bond donors (Lipinski definition) is 2. The minimum Gasteiger partial charge on any atom is -0.481 e. The molecule has 6 heteroatoms. The molecule has 2 aromatic carbocycles. The molecule has 2 aromatic rings. The lowest BCUT2D eigenvalue weighted by Crippen LogP contribution is -2.53. The molecule has 27 heavy (non-hydrogen) atoms. The normalized spacial score (nSPS) is 21.1. The summed E-state index contributed by atoms with van der Waals surface area (Å²) in [5.74, 6) is -5.70. The van der Waals surface area contributed by atoms with E-state index in [0.717, 1.165) is 11.1 Å². The molecule has 1 fully saturated rings. The van der Waals surface area contributed by atoms with Crippen LogP contribution >= 0.6 is 0 Å². The highest BCUT2D eigenvalue weighted by molar-refractivity contribution is 5.91. The van der Waals surface area contributed by atoms with Crippen LogP contribution in [0, 0.1) is 17.8 Å². The minimum absolute atomic E-state index is 0.0607. The number of carbonyl (C=O) groups is 3. The van der Waals surface area contributed by atoms with Crippen molar-refractivity contribution in [2.75, 3.05) is 0 Å². The lowest BCUT2D eigenvalue weighted by molar-refractivity contribution is -0.172. The zero-order valence-corrected chi connectivity index (χ0v) is 14.7. The Morgan fingerprint density at radius 3 is 1.67 bits per heavy atom. The Morgan fingerprint density at radius 2 is 1.26 bits per heavy atom. The van der Waals surface area contributed by atoms with Gasteiger partial charge in [-0.05, 0) is 17.5 Å². The second-order valence-electron chi connectivity index (χ2n) is 6.82. The number of aliphatic carboxylic acids is 2. The molecule has 0 saturated heterocycles. The van der Waals surface area contributed by atoms with Crippen LogP contribution in [-0.2, 0) is 27.5 Å². The first-order chi connectivity index (χ1) is 13.0. The number of rotatable bonds is 7. The molecule has 3 unspecified atom stereocenters. The van der Waals surface area contributed by atoms with Gasteiger partial charge in [0.05, 0.1) is 17.8 Å². The van der Waals surface area contributed by atoms with Crippen LogP contribution in [0.25, 0.3) is 0 Å². The number of nitrogens with zero attached hydrogens (tertiary/aromatic N) is 1. The molecule has 2 N–H and O–H groups in total. The molecule has 1 aliphatic carbocycles. The largest absolute Gasteiger partial charge is 0.481 e. The van der Waals surface area contributed by atoms with Gasteiger partial charge in [0.15, 0.2) is 0 Å². The Labute approximate surface area is 157 Å². The molecule has 0 aromatic heterocycles. The summed E-state index contributed by atoms with van der Waals surface area (Å²) in [4.78, 5) is 37.4. The van der Waals surface area contributed by atoms with Gasteiger partial charge in [-0.2, -0.15) is 0 Å². The maximum Gasteiger partial charge on any atom is 0.308 e. The lowest BCUT2D eigenvalue weighted by atomic mass is 9.64. The summed E-state index contributed by atoms with van der Waals surface area (Å²) in [5, 5.41) is 18.6. The molecule has 1 aliphatic rings. The zero-order chi connectivity index (χ0) is 19.4. The van der Waals surface area contributed by atoms with Gasteiger partial charge < -0.3 is 15.1 Å². The van der Waals surface area contributed by atoms with Gasteiger partial charge in [-0.15, -0.1) is 0 Å². The van der Waals surface area contributed by atoms with Crippen molar-refractivity contribution in [3.63, 3.8) is 0 Å². The summed E-state index contributed by atoms with van der Waals surface area (Å²) in [5.41, 5.74) is 1.87. The van der Waals surface area contributed by atoms with Gasteiger partial charge in [0.2, 0.25) is 5.91 Å². The summed E-state index contributed by atoms with van der Waals surface area (Å²) >= 11 is 0. The number of carbonyl (C=O) groups excluding carboxylic acids is 1. The average Bonchev–Trinajstić information content (AvgIpc) is 2.61. The van der Waals surface area contributed by atoms with Crippen LogP contribution < -0.4 is 0 Å². The van der Waals surface area contributed by atoms with Crippen LogP contribution in [0.5, 0.6) is 0 Å². The lowest BCUT2D eigenvalue weighted by Gasteiger charge is -2.41. The highest BCUT2D eigenvalue weighted by Gasteiger charge is 2.54. The van der Waals surface area contributed by atoms with E-state index in [2.05, 4.69) is 0 Å². The van der Waals surface area contributed by atoms with Crippen LogP contribution in [0.4, 0.5) is 0 Å². The van der Waals surface area contributed by atoms with Crippen LogP contribution in [-0.4, -0.2) is 33.0 Å². The highest BCUT2D eigenvalue weighted by Crippen LogP contribution is 2.42. The van der Waals surface area contributed by atoms with E-state index in [1.165, 1.54) is 0 Å². The standard InChI is InChI=1S/C21H21NO5/c23-19(16-11-17(20(24)25)18(16)21(26)27)22(12-14-7-3-1-4-8-14)13-15-9-5-2-6-10-15/h1-10,16-18H,11-13H2,(H,24,25)(H,26,27). The number of carboxylic acids is 2. The van der Waals surface area contributed by atoms with E-state index in [-0.39, 0.29) is 12.3 Å². The van der Waals surface area contributed by atoms with E-state index in [1.807, 2.05) is 60.7 Å². The van der Waals surface area contributed by atoms with Gasteiger partial charge in [0.1, 0.15) is 0 Å². The molecule has 0 radical (unpaired) electrons. The van der Waals surface area contributed by atoms with E-state index < -0.39 is 29.7 Å². The van der Waals surface area contributed by atoms with E-state index >= 15 is 0 Å². The maximum atomic E-state index is 13.1. The van der Waals surface area contributed by atoms with Gasteiger partial charge in [-0.25, -0.2) is 0 Å². The summed E-state index contributed by atoms with van der Waals surface area (Å²) in [6.45, 7) is 0.685. The van der Waals surface area contributed by atoms with Crippen molar-refractivity contribution >= 4 is 17.8 Å². The Kier molecular flexibility index (Phi) is 5.54. The van der Waals surface area contributed by atoms with Crippen molar-refractivity contribution in [1.29, 1.82) is 0 Å². The van der Waals surface area contributed by atoms with Crippen LogP contribution in [0.3, 0.4) is 0 Å². The molecular weight excluding hydrogens is 346 g/mol. The molecule has 0 heterocycles. The fourth-order valence-corrected chi connectivity index (χ4v) is 3.56. The van der Waals surface area contributed by atoms with Crippen molar-refractivity contribution in [2.24, 2.45) is 17.8 Å². The molecule has 0 spiro atoms. The topological polar surface area (TPSA) is 94.9 Å². The summed E-state index contributed by atoms with van der Waals surface area (Å²) in [7, 11) is 0. The van der Waals surface area contributed by atoms with Crippen molar-refractivity contribution in [2.45, 2.75) is 19.5 Å². The molecule has 140 valence electrons. The second kappa shape index (κ2) is 8.03. The van der Waals surface area contributed by atoms with Crippen LogP contribution in [0.1, 0.15) is 17.5 Å². The van der Waals surface area contributed by atoms with Crippen molar-refractivity contribution < 1.29 is 24.6 Å².